The Balaban J connectivity index is 2.60. The molecule has 0 spiro atoms. The molecule has 1 heteroatoms. The summed E-state index contributed by atoms with van der Waals surface area (Å²) >= 11 is 0. The fraction of sp³-hybridized carbons (Fsp3) is 0.875. The molecule has 0 saturated carbocycles. The van der Waals surface area contributed by atoms with E-state index in [0.717, 1.165) is 12.8 Å². The minimum absolute atomic E-state index is 0.352. The molecule has 0 rings (SSSR count). The summed E-state index contributed by atoms with van der Waals surface area (Å²) in [4.78, 5) is 0. The lowest BCUT2D eigenvalue weighted by Gasteiger charge is -1.94. The van der Waals surface area contributed by atoms with Crippen LogP contribution in [0.2, 0.25) is 0 Å². The molecule has 0 aromatic rings. The highest BCUT2D eigenvalue weighted by Gasteiger charge is 1.88. The Morgan fingerprint density at radius 1 is 0.889 bits per heavy atom. The lowest BCUT2D eigenvalue weighted by atomic mass is 10.1. The third kappa shape index (κ3) is 7.83. The number of unbranched alkanes of at least 4 members (excludes halogenated alkanes) is 5. The van der Waals surface area contributed by atoms with E-state index in [0.29, 0.717) is 6.61 Å². The van der Waals surface area contributed by atoms with Gasteiger partial charge in [0, 0.05) is 6.61 Å². The maximum absolute atomic E-state index is 8.41. The molecule has 0 aromatic carbocycles. The average molecular weight is 129 g/mol. The molecule has 0 amide bonds. The van der Waals surface area contributed by atoms with Crippen molar-refractivity contribution in [2.24, 2.45) is 0 Å². The van der Waals surface area contributed by atoms with Gasteiger partial charge in [-0.2, -0.15) is 0 Å². The van der Waals surface area contributed by atoms with Crippen LogP contribution in [0.1, 0.15) is 38.5 Å². The molecule has 54 valence electrons. The second-order valence-corrected chi connectivity index (χ2v) is 2.34. The van der Waals surface area contributed by atoms with Crippen LogP contribution in [-0.2, 0) is 0 Å². The molecule has 0 atom stereocenters. The predicted molar refractivity (Wildman–Crippen MR) is 40.1 cm³/mol. The van der Waals surface area contributed by atoms with E-state index in [-0.39, 0.29) is 0 Å². The van der Waals surface area contributed by atoms with Crippen LogP contribution in [0, 0.1) is 6.92 Å². The molecule has 0 saturated heterocycles. The second-order valence-electron chi connectivity index (χ2n) is 2.34. The van der Waals surface area contributed by atoms with Crippen molar-refractivity contribution < 1.29 is 5.11 Å². The van der Waals surface area contributed by atoms with Gasteiger partial charge in [0.2, 0.25) is 0 Å². The van der Waals surface area contributed by atoms with Crippen molar-refractivity contribution in [3.8, 4) is 0 Å². The zero-order chi connectivity index (χ0) is 6.95. The summed E-state index contributed by atoms with van der Waals surface area (Å²) in [6, 6.07) is 0. The lowest BCUT2D eigenvalue weighted by Crippen LogP contribution is -1.82. The average Bonchev–Trinajstić information content (AvgIpc) is 1.89. The smallest absolute Gasteiger partial charge is 0.0850 e. The topological polar surface area (TPSA) is 20.2 Å². The Bertz CT molecular complexity index is 37.8. The van der Waals surface area contributed by atoms with Crippen LogP contribution in [0.25, 0.3) is 0 Å². The Morgan fingerprint density at radius 2 is 1.44 bits per heavy atom. The van der Waals surface area contributed by atoms with Gasteiger partial charge in [-0.3, -0.25) is 0 Å². The molecule has 0 fully saturated rings. The van der Waals surface area contributed by atoms with Gasteiger partial charge in [-0.25, -0.2) is 0 Å². The summed E-state index contributed by atoms with van der Waals surface area (Å²) in [5.74, 6) is 0. The van der Waals surface area contributed by atoms with E-state index in [2.05, 4.69) is 6.92 Å². The maximum Gasteiger partial charge on any atom is 0.0850 e. The van der Waals surface area contributed by atoms with Crippen LogP contribution >= 0.6 is 0 Å². The quantitative estimate of drug-likeness (QED) is 0.430. The summed E-state index contributed by atoms with van der Waals surface area (Å²) in [7, 11) is 0. The highest BCUT2D eigenvalue weighted by Crippen LogP contribution is 2.03. The molecule has 0 aliphatic rings. The summed E-state index contributed by atoms with van der Waals surface area (Å²) in [6.45, 7) is 4.11. The predicted octanol–water partition coefficient (Wildman–Crippen LogP) is 2.15. The normalized spacial score (nSPS) is 9.89. The van der Waals surface area contributed by atoms with Crippen LogP contribution in [0.3, 0.4) is 0 Å². The van der Waals surface area contributed by atoms with E-state index < -0.39 is 0 Å². The van der Waals surface area contributed by atoms with E-state index in [1.807, 2.05) is 0 Å². The van der Waals surface area contributed by atoms with E-state index in [4.69, 9.17) is 5.11 Å². The SMILES string of the molecule is [CH2+]CCCCCCCO. The van der Waals surface area contributed by atoms with Gasteiger partial charge in [0.25, 0.3) is 0 Å². The Labute approximate surface area is 58.1 Å². The van der Waals surface area contributed by atoms with Crippen LogP contribution < -0.4 is 0 Å². The number of hydrogen-bond acceptors (Lipinski definition) is 1. The minimum atomic E-state index is 0.352. The second kappa shape index (κ2) is 7.83. The Hall–Kier alpha value is -0.170. The maximum atomic E-state index is 8.41. The summed E-state index contributed by atoms with van der Waals surface area (Å²) in [6.07, 6.45) is 6.98. The molecule has 0 heterocycles. The molecule has 0 aliphatic carbocycles. The van der Waals surface area contributed by atoms with Gasteiger partial charge in [-0.15, -0.1) is 0 Å². The highest BCUT2D eigenvalue weighted by molar-refractivity contribution is 4.44. The van der Waals surface area contributed by atoms with Gasteiger partial charge in [0.1, 0.15) is 0 Å². The zero-order valence-electron chi connectivity index (χ0n) is 6.10. The first-order valence-electron chi connectivity index (χ1n) is 3.82. The van der Waals surface area contributed by atoms with Crippen molar-refractivity contribution in [3.63, 3.8) is 0 Å². The first kappa shape index (κ1) is 8.83. The molecular formula is C8H17O+. The Kier molecular flexibility index (Phi) is 7.68. The monoisotopic (exact) mass is 129 g/mol. The number of hydrogen-bond donors (Lipinski definition) is 1. The van der Waals surface area contributed by atoms with Crippen molar-refractivity contribution in [2.45, 2.75) is 38.5 Å². The van der Waals surface area contributed by atoms with Gasteiger partial charge >= 0.3 is 0 Å². The van der Waals surface area contributed by atoms with Crippen LogP contribution in [0.15, 0.2) is 0 Å². The minimum Gasteiger partial charge on any atom is -0.396 e. The van der Waals surface area contributed by atoms with E-state index >= 15 is 0 Å². The first-order valence-corrected chi connectivity index (χ1v) is 3.82. The standard InChI is InChI=1S/C8H17O/c1-2-3-4-5-6-7-8-9/h9H,1-8H2/q+1. The fourth-order valence-corrected chi connectivity index (χ4v) is 0.819. The molecule has 9 heavy (non-hydrogen) atoms. The van der Waals surface area contributed by atoms with Gasteiger partial charge in [0.05, 0.1) is 13.3 Å². The number of aliphatic hydroxyl groups is 1. The molecule has 0 unspecified atom stereocenters. The summed E-state index contributed by atoms with van der Waals surface area (Å²) < 4.78 is 0. The van der Waals surface area contributed by atoms with Gasteiger partial charge in [-0.1, -0.05) is 12.8 Å². The van der Waals surface area contributed by atoms with Crippen molar-refractivity contribution in [1.82, 2.24) is 0 Å². The fourth-order valence-electron chi connectivity index (χ4n) is 0.819. The van der Waals surface area contributed by atoms with Gasteiger partial charge in [0.15, 0.2) is 0 Å². The highest BCUT2D eigenvalue weighted by atomic mass is 16.2. The molecule has 1 nitrogen and oxygen atoms in total. The Morgan fingerprint density at radius 3 is 2.00 bits per heavy atom. The van der Waals surface area contributed by atoms with Crippen molar-refractivity contribution in [3.05, 3.63) is 6.92 Å². The van der Waals surface area contributed by atoms with E-state index in [1.165, 1.54) is 25.7 Å². The number of aliphatic hydroxyl groups excluding tert-OH is 1. The van der Waals surface area contributed by atoms with E-state index in [9.17, 15) is 0 Å². The number of rotatable bonds is 6. The van der Waals surface area contributed by atoms with Crippen molar-refractivity contribution in [2.75, 3.05) is 6.61 Å². The van der Waals surface area contributed by atoms with Crippen LogP contribution in [0.4, 0.5) is 0 Å². The van der Waals surface area contributed by atoms with Crippen LogP contribution in [-0.4, -0.2) is 11.7 Å². The molecule has 0 radical (unpaired) electrons. The molecule has 0 aliphatic heterocycles. The third-order valence-electron chi connectivity index (χ3n) is 1.41. The molecule has 1 N–H and O–H groups in total. The summed E-state index contributed by atoms with van der Waals surface area (Å²) in [5.41, 5.74) is 0. The van der Waals surface area contributed by atoms with Crippen molar-refractivity contribution >= 4 is 0 Å². The largest absolute Gasteiger partial charge is 0.396 e. The van der Waals surface area contributed by atoms with Crippen LogP contribution in [0.5, 0.6) is 0 Å². The van der Waals surface area contributed by atoms with Gasteiger partial charge in [-0.05, 0) is 19.3 Å². The lowest BCUT2D eigenvalue weighted by molar-refractivity contribution is 0.282. The summed E-state index contributed by atoms with van der Waals surface area (Å²) in [5, 5.41) is 8.41. The molecule has 0 aromatic heterocycles. The van der Waals surface area contributed by atoms with Gasteiger partial charge < -0.3 is 5.11 Å². The third-order valence-corrected chi connectivity index (χ3v) is 1.41. The van der Waals surface area contributed by atoms with E-state index in [1.54, 1.807) is 0 Å². The molecular weight excluding hydrogens is 112 g/mol. The molecule has 0 bridgehead atoms. The zero-order valence-corrected chi connectivity index (χ0v) is 6.10. The first-order chi connectivity index (χ1) is 4.41. The van der Waals surface area contributed by atoms with Crippen molar-refractivity contribution in [1.29, 1.82) is 0 Å².